The lowest BCUT2D eigenvalue weighted by Crippen LogP contribution is -2.30. The zero-order valence-electron chi connectivity index (χ0n) is 39.4. The summed E-state index contributed by atoms with van der Waals surface area (Å²) >= 11 is 0. The third-order valence-corrected chi connectivity index (χ3v) is 10.1. The molecule has 0 aromatic rings. The molecule has 0 aliphatic rings. The van der Waals surface area contributed by atoms with Gasteiger partial charge in [-0.05, 0) is 96.3 Å². The van der Waals surface area contributed by atoms with Gasteiger partial charge in [0.2, 0.25) is 0 Å². The summed E-state index contributed by atoms with van der Waals surface area (Å²) in [5.41, 5.74) is 0. The topological polar surface area (TPSA) is 78.9 Å². The van der Waals surface area contributed by atoms with Crippen molar-refractivity contribution in [1.82, 2.24) is 0 Å². The number of unbranched alkanes of at least 4 members (excludes halogenated alkanes) is 18. The fraction of sp³-hybridized carbons (Fsp3) is 0.655. The summed E-state index contributed by atoms with van der Waals surface area (Å²) in [6.07, 6.45) is 64.0. The van der Waals surface area contributed by atoms with Gasteiger partial charge < -0.3 is 14.2 Å². The Morgan fingerprint density at radius 3 is 1.25 bits per heavy atom. The molecule has 0 bridgehead atoms. The van der Waals surface area contributed by atoms with Crippen LogP contribution in [-0.4, -0.2) is 37.2 Å². The summed E-state index contributed by atoms with van der Waals surface area (Å²) in [7, 11) is 0. The molecule has 6 heteroatoms. The molecule has 0 aliphatic carbocycles. The standard InChI is InChI=1S/C55H90O6/c1-4-7-10-13-16-19-22-24-26-27-29-30-33-36-39-42-45-48-54(57)60-51-52(50-59-53(56)47-44-41-38-35-32-21-18-15-12-9-6-3)61-55(58)49-46-43-40-37-34-31-28-25-23-20-17-14-11-8-5-2/h8-9,11-12,14,16-21,23-24,26,35,38,52H,4-7,10,13,15,22,25,27-34,36-37,39-51H2,1-3H3/b11-8-,12-9-,17-14-,19-16-,21-18-,23-20-,26-24-,38-35-. The Balaban J connectivity index is 4.45. The summed E-state index contributed by atoms with van der Waals surface area (Å²) in [5, 5.41) is 0. The first-order valence-corrected chi connectivity index (χ1v) is 24.8. The maximum atomic E-state index is 12.8. The predicted octanol–water partition coefficient (Wildman–Crippen LogP) is 16.2. The smallest absolute Gasteiger partial charge is 0.306 e. The van der Waals surface area contributed by atoms with Gasteiger partial charge in [-0.1, -0.05) is 195 Å². The number of hydrogen-bond donors (Lipinski definition) is 0. The Bertz CT molecular complexity index is 1250. The number of esters is 3. The second-order valence-corrected chi connectivity index (χ2v) is 16.0. The van der Waals surface area contributed by atoms with Crippen LogP contribution in [0.1, 0.15) is 213 Å². The van der Waals surface area contributed by atoms with E-state index in [9.17, 15) is 14.4 Å². The van der Waals surface area contributed by atoms with E-state index < -0.39 is 6.10 Å². The zero-order chi connectivity index (χ0) is 44.4. The Labute approximate surface area is 375 Å². The third-order valence-electron chi connectivity index (χ3n) is 10.1. The molecule has 0 aliphatic heterocycles. The van der Waals surface area contributed by atoms with Crippen LogP contribution in [0.15, 0.2) is 97.2 Å². The minimum Gasteiger partial charge on any atom is -0.462 e. The summed E-state index contributed by atoms with van der Waals surface area (Å²) < 4.78 is 16.7. The van der Waals surface area contributed by atoms with E-state index in [2.05, 4.69) is 118 Å². The molecule has 6 nitrogen and oxygen atoms in total. The average Bonchev–Trinajstić information content (AvgIpc) is 3.26. The molecule has 0 aromatic heterocycles. The van der Waals surface area contributed by atoms with Gasteiger partial charge in [-0.25, -0.2) is 0 Å². The lowest BCUT2D eigenvalue weighted by molar-refractivity contribution is -0.167. The van der Waals surface area contributed by atoms with Crippen LogP contribution in [-0.2, 0) is 28.6 Å². The minimum absolute atomic E-state index is 0.104. The first-order chi connectivity index (χ1) is 30.0. The van der Waals surface area contributed by atoms with E-state index in [1.807, 2.05) is 0 Å². The number of ether oxygens (including phenoxy) is 3. The SMILES string of the molecule is CC\C=C/C=C\C=C/CCCCCCCCCC(=O)OC(COC(=O)CCC/C=C\C/C=C\C/C=C\CC)COC(=O)CCCCCCCCC/C=C\C/C=C\CCCCC. The highest BCUT2D eigenvalue weighted by molar-refractivity contribution is 5.71. The molecular weight excluding hydrogens is 757 g/mol. The molecular formula is C55H90O6. The van der Waals surface area contributed by atoms with E-state index >= 15 is 0 Å². The fourth-order valence-electron chi connectivity index (χ4n) is 6.44. The van der Waals surface area contributed by atoms with Gasteiger partial charge in [0.25, 0.3) is 0 Å². The van der Waals surface area contributed by atoms with E-state index in [0.29, 0.717) is 19.3 Å². The Kier molecular flexibility index (Phi) is 46.0. The molecule has 0 saturated carbocycles. The summed E-state index contributed by atoms with van der Waals surface area (Å²) in [6.45, 7) is 6.29. The predicted molar refractivity (Wildman–Crippen MR) is 260 cm³/mol. The lowest BCUT2D eigenvalue weighted by Gasteiger charge is -2.18. The summed E-state index contributed by atoms with van der Waals surface area (Å²) in [4.78, 5) is 37.9. The van der Waals surface area contributed by atoms with Crippen molar-refractivity contribution in [3.8, 4) is 0 Å². The molecule has 0 fully saturated rings. The van der Waals surface area contributed by atoms with Crippen LogP contribution in [0.5, 0.6) is 0 Å². The summed E-state index contributed by atoms with van der Waals surface area (Å²) in [6, 6.07) is 0. The fourth-order valence-corrected chi connectivity index (χ4v) is 6.44. The molecule has 0 heterocycles. The van der Waals surface area contributed by atoms with Crippen LogP contribution in [0, 0.1) is 0 Å². The van der Waals surface area contributed by atoms with E-state index in [4.69, 9.17) is 14.2 Å². The van der Waals surface area contributed by atoms with Crippen molar-refractivity contribution in [3.05, 3.63) is 97.2 Å². The molecule has 0 radical (unpaired) electrons. The van der Waals surface area contributed by atoms with Gasteiger partial charge in [0.15, 0.2) is 6.10 Å². The van der Waals surface area contributed by atoms with Crippen molar-refractivity contribution >= 4 is 17.9 Å². The van der Waals surface area contributed by atoms with Crippen molar-refractivity contribution in [2.45, 2.75) is 219 Å². The average molecular weight is 847 g/mol. The monoisotopic (exact) mass is 847 g/mol. The van der Waals surface area contributed by atoms with E-state index in [-0.39, 0.29) is 37.5 Å². The second-order valence-electron chi connectivity index (χ2n) is 16.0. The van der Waals surface area contributed by atoms with Crippen molar-refractivity contribution in [3.63, 3.8) is 0 Å². The van der Waals surface area contributed by atoms with E-state index in [0.717, 1.165) is 96.3 Å². The maximum Gasteiger partial charge on any atom is 0.306 e. The van der Waals surface area contributed by atoms with Gasteiger partial charge in [0.1, 0.15) is 13.2 Å². The zero-order valence-corrected chi connectivity index (χ0v) is 39.4. The van der Waals surface area contributed by atoms with Crippen molar-refractivity contribution in [1.29, 1.82) is 0 Å². The molecule has 1 unspecified atom stereocenters. The van der Waals surface area contributed by atoms with Gasteiger partial charge in [-0.15, -0.1) is 0 Å². The van der Waals surface area contributed by atoms with Crippen LogP contribution in [0.4, 0.5) is 0 Å². The maximum absolute atomic E-state index is 12.8. The van der Waals surface area contributed by atoms with Crippen LogP contribution < -0.4 is 0 Å². The third kappa shape index (κ3) is 47.2. The number of hydrogen-bond acceptors (Lipinski definition) is 6. The van der Waals surface area contributed by atoms with Gasteiger partial charge in [0, 0.05) is 19.3 Å². The molecule has 346 valence electrons. The molecule has 0 aromatic carbocycles. The first-order valence-electron chi connectivity index (χ1n) is 24.8. The Morgan fingerprint density at radius 1 is 0.361 bits per heavy atom. The van der Waals surface area contributed by atoms with Crippen molar-refractivity contribution < 1.29 is 28.6 Å². The molecule has 0 rings (SSSR count). The van der Waals surface area contributed by atoms with Crippen LogP contribution >= 0.6 is 0 Å². The quantitative estimate of drug-likeness (QED) is 0.0200. The largest absolute Gasteiger partial charge is 0.462 e. The van der Waals surface area contributed by atoms with Gasteiger partial charge in [-0.3, -0.25) is 14.4 Å². The molecule has 0 saturated heterocycles. The molecule has 61 heavy (non-hydrogen) atoms. The number of allylic oxidation sites excluding steroid dienone is 16. The summed E-state index contributed by atoms with van der Waals surface area (Å²) in [5.74, 6) is -0.986. The normalized spacial score (nSPS) is 12.9. The molecule has 0 N–H and O–H groups in total. The second kappa shape index (κ2) is 49.0. The molecule has 0 amide bonds. The number of carbonyl (C=O) groups excluding carboxylic acids is 3. The molecule has 0 spiro atoms. The highest BCUT2D eigenvalue weighted by Crippen LogP contribution is 2.13. The number of rotatable bonds is 43. The number of carbonyl (C=O) groups is 3. The van der Waals surface area contributed by atoms with Crippen molar-refractivity contribution in [2.24, 2.45) is 0 Å². The minimum atomic E-state index is -0.807. The lowest BCUT2D eigenvalue weighted by atomic mass is 10.1. The van der Waals surface area contributed by atoms with Gasteiger partial charge >= 0.3 is 17.9 Å². The van der Waals surface area contributed by atoms with Crippen LogP contribution in [0.3, 0.4) is 0 Å². The van der Waals surface area contributed by atoms with E-state index in [1.165, 1.54) is 70.6 Å². The van der Waals surface area contributed by atoms with Crippen LogP contribution in [0.25, 0.3) is 0 Å². The highest BCUT2D eigenvalue weighted by atomic mass is 16.6. The Hall–Kier alpha value is -3.67. The first kappa shape index (κ1) is 57.3. The Morgan fingerprint density at radius 2 is 0.738 bits per heavy atom. The molecule has 1 atom stereocenters. The van der Waals surface area contributed by atoms with Gasteiger partial charge in [-0.2, -0.15) is 0 Å². The highest BCUT2D eigenvalue weighted by Gasteiger charge is 2.19. The van der Waals surface area contributed by atoms with Gasteiger partial charge in [0.05, 0.1) is 0 Å². The van der Waals surface area contributed by atoms with Crippen molar-refractivity contribution in [2.75, 3.05) is 13.2 Å². The van der Waals surface area contributed by atoms with Crippen LogP contribution in [0.2, 0.25) is 0 Å². The van der Waals surface area contributed by atoms with E-state index in [1.54, 1.807) is 0 Å².